The number of rotatable bonds is 8. The molecule has 0 saturated carbocycles. The van der Waals surface area contributed by atoms with Crippen LogP contribution in [0.1, 0.15) is 16.1 Å². The highest BCUT2D eigenvalue weighted by Crippen LogP contribution is 2.38. The number of nitrogens with zero attached hydrogens (tertiary/aromatic N) is 2. The Morgan fingerprint density at radius 2 is 1.68 bits per heavy atom. The van der Waals surface area contributed by atoms with E-state index in [1.165, 1.54) is 51.8 Å². The molecule has 0 spiro atoms. The summed E-state index contributed by atoms with van der Waals surface area (Å²) in [5, 5.41) is 14.6. The number of benzene rings is 2. The fourth-order valence-corrected chi connectivity index (χ4v) is 2.76. The third-order valence-electron chi connectivity index (χ3n) is 4.27. The van der Waals surface area contributed by atoms with Crippen molar-refractivity contribution in [2.75, 3.05) is 21.3 Å². The van der Waals surface area contributed by atoms with Crippen LogP contribution < -0.4 is 19.6 Å². The molecule has 0 aliphatic rings. The van der Waals surface area contributed by atoms with Crippen LogP contribution in [0.4, 0.5) is 5.69 Å². The predicted octanol–water partition coefficient (Wildman–Crippen LogP) is 3.64. The summed E-state index contributed by atoms with van der Waals surface area (Å²) in [4.78, 5) is 22.7. The van der Waals surface area contributed by atoms with E-state index in [2.05, 4.69) is 10.5 Å². The lowest BCUT2D eigenvalue weighted by Gasteiger charge is -2.13. The van der Waals surface area contributed by atoms with Gasteiger partial charge >= 0.3 is 0 Å². The molecule has 1 N–H and O–H groups in total. The number of hydrogen-bond acceptors (Lipinski definition) is 8. The van der Waals surface area contributed by atoms with Crippen LogP contribution in [0.25, 0.3) is 11.3 Å². The molecule has 0 radical (unpaired) electrons. The summed E-state index contributed by atoms with van der Waals surface area (Å²) >= 11 is 0. The molecule has 1 amide bonds. The Morgan fingerprint density at radius 3 is 2.23 bits per heavy atom. The number of furan rings is 1. The lowest BCUT2D eigenvalue weighted by Crippen LogP contribution is -2.18. The van der Waals surface area contributed by atoms with Crippen LogP contribution in [0, 0.1) is 10.1 Å². The highest BCUT2D eigenvalue weighted by atomic mass is 16.6. The summed E-state index contributed by atoms with van der Waals surface area (Å²) in [6.45, 7) is 0. The normalized spacial score (nSPS) is 10.7. The van der Waals surface area contributed by atoms with Gasteiger partial charge in [-0.2, -0.15) is 5.10 Å². The Bertz CT molecular complexity index is 1100. The number of carbonyl (C=O) groups is 1. The van der Waals surface area contributed by atoms with Crippen LogP contribution >= 0.6 is 0 Å². The van der Waals surface area contributed by atoms with Crippen molar-refractivity contribution in [3.63, 3.8) is 0 Å². The van der Waals surface area contributed by atoms with Gasteiger partial charge in [0.15, 0.2) is 11.5 Å². The van der Waals surface area contributed by atoms with Crippen LogP contribution in [-0.4, -0.2) is 38.4 Å². The Kier molecular flexibility index (Phi) is 6.51. The standard InChI is InChI=1S/C21H19N3O7/c1-28-18-10-14(11-19(29-2)20(18)30-3)21(25)23-22-12-16-8-9-17(31-16)13-4-6-15(7-5-13)24(26)27/h4-12H,1-3H3,(H,23,25). The number of nitro benzene ring substituents is 1. The maximum atomic E-state index is 12.4. The molecule has 2 aromatic carbocycles. The second-order valence-corrected chi connectivity index (χ2v) is 6.12. The van der Waals surface area contributed by atoms with Gasteiger partial charge in [-0.25, -0.2) is 5.43 Å². The molecular formula is C21H19N3O7. The SMILES string of the molecule is COc1cc(C(=O)NN=Cc2ccc(-c3ccc([N+](=O)[O-])cc3)o2)cc(OC)c1OC. The van der Waals surface area contributed by atoms with E-state index in [4.69, 9.17) is 18.6 Å². The third-order valence-corrected chi connectivity index (χ3v) is 4.27. The Hall–Kier alpha value is -4.34. The number of hydrazone groups is 1. The molecule has 1 aromatic heterocycles. The van der Waals surface area contributed by atoms with Crippen molar-refractivity contribution in [1.82, 2.24) is 5.43 Å². The topological polar surface area (TPSA) is 125 Å². The van der Waals surface area contributed by atoms with Crippen molar-refractivity contribution in [2.45, 2.75) is 0 Å². The Balaban J connectivity index is 1.70. The molecule has 0 aliphatic heterocycles. The molecule has 0 aliphatic carbocycles. The average Bonchev–Trinajstić information content (AvgIpc) is 3.26. The fourth-order valence-electron chi connectivity index (χ4n) is 2.76. The zero-order valence-corrected chi connectivity index (χ0v) is 16.9. The molecule has 3 rings (SSSR count). The van der Waals surface area contributed by atoms with Gasteiger partial charge in [-0.05, 0) is 36.4 Å². The number of ether oxygens (including phenoxy) is 3. The first kappa shape index (κ1) is 21.4. The maximum absolute atomic E-state index is 12.4. The van der Waals surface area contributed by atoms with Crippen LogP contribution in [0.2, 0.25) is 0 Å². The van der Waals surface area contributed by atoms with Crippen LogP contribution in [0.15, 0.2) is 58.0 Å². The van der Waals surface area contributed by atoms with E-state index in [1.54, 1.807) is 24.3 Å². The smallest absolute Gasteiger partial charge is 0.271 e. The van der Waals surface area contributed by atoms with Crippen molar-refractivity contribution >= 4 is 17.8 Å². The number of nitro groups is 1. The first-order chi connectivity index (χ1) is 15.0. The highest BCUT2D eigenvalue weighted by molar-refractivity contribution is 5.96. The minimum absolute atomic E-state index is 0.00778. The lowest BCUT2D eigenvalue weighted by atomic mass is 10.1. The largest absolute Gasteiger partial charge is 0.493 e. The van der Waals surface area contributed by atoms with E-state index in [-0.39, 0.29) is 11.3 Å². The summed E-state index contributed by atoms with van der Waals surface area (Å²) < 4.78 is 21.3. The van der Waals surface area contributed by atoms with E-state index < -0.39 is 10.8 Å². The van der Waals surface area contributed by atoms with Gasteiger partial charge in [-0.15, -0.1) is 0 Å². The molecule has 160 valence electrons. The first-order valence-electron chi connectivity index (χ1n) is 8.95. The monoisotopic (exact) mass is 425 g/mol. The molecule has 0 fully saturated rings. The van der Waals surface area contributed by atoms with Crippen molar-refractivity contribution in [3.05, 3.63) is 70.0 Å². The van der Waals surface area contributed by atoms with Crippen LogP contribution in [-0.2, 0) is 0 Å². The summed E-state index contributed by atoms with van der Waals surface area (Å²) in [5.41, 5.74) is 3.33. The molecule has 10 heteroatoms. The summed E-state index contributed by atoms with van der Waals surface area (Å²) in [6, 6.07) is 12.3. The molecule has 10 nitrogen and oxygen atoms in total. The lowest BCUT2D eigenvalue weighted by molar-refractivity contribution is -0.384. The van der Waals surface area contributed by atoms with E-state index in [1.807, 2.05) is 0 Å². The number of non-ortho nitro benzene ring substituents is 1. The van der Waals surface area contributed by atoms with Gasteiger partial charge in [-0.3, -0.25) is 14.9 Å². The minimum Gasteiger partial charge on any atom is -0.493 e. The molecule has 0 saturated heterocycles. The van der Waals surface area contributed by atoms with Gasteiger partial charge in [0.2, 0.25) is 5.75 Å². The quantitative estimate of drug-likeness (QED) is 0.332. The van der Waals surface area contributed by atoms with E-state index >= 15 is 0 Å². The van der Waals surface area contributed by atoms with Gasteiger partial charge in [-0.1, -0.05) is 0 Å². The fraction of sp³-hybridized carbons (Fsp3) is 0.143. The molecule has 1 heterocycles. The zero-order chi connectivity index (χ0) is 22.4. The highest BCUT2D eigenvalue weighted by Gasteiger charge is 2.16. The molecule has 31 heavy (non-hydrogen) atoms. The number of carbonyl (C=O) groups excluding carboxylic acids is 1. The molecule has 0 unspecified atom stereocenters. The number of nitrogens with one attached hydrogen (secondary N) is 1. The van der Waals surface area contributed by atoms with Gasteiger partial charge in [0.05, 0.1) is 32.5 Å². The summed E-state index contributed by atoms with van der Waals surface area (Å²) in [7, 11) is 4.38. The minimum atomic E-state index is -0.488. The second-order valence-electron chi connectivity index (χ2n) is 6.12. The van der Waals surface area contributed by atoms with Gasteiger partial charge in [0.25, 0.3) is 11.6 Å². The maximum Gasteiger partial charge on any atom is 0.271 e. The van der Waals surface area contributed by atoms with Crippen molar-refractivity contribution in [1.29, 1.82) is 0 Å². The summed E-state index contributed by atoms with van der Waals surface area (Å²) in [5.74, 6) is 1.47. The third kappa shape index (κ3) is 4.81. The van der Waals surface area contributed by atoms with Crippen LogP contribution in [0.5, 0.6) is 17.2 Å². The van der Waals surface area contributed by atoms with Crippen LogP contribution in [0.3, 0.4) is 0 Å². The Morgan fingerprint density at radius 1 is 1.03 bits per heavy atom. The van der Waals surface area contributed by atoms with Crippen molar-refractivity contribution in [3.8, 4) is 28.6 Å². The average molecular weight is 425 g/mol. The number of methoxy groups -OCH3 is 3. The summed E-state index contributed by atoms with van der Waals surface area (Å²) in [6.07, 6.45) is 1.34. The second kappa shape index (κ2) is 9.44. The van der Waals surface area contributed by atoms with Crippen molar-refractivity contribution in [2.24, 2.45) is 5.10 Å². The van der Waals surface area contributed by atoms with E-state index in [0.29, 0.717) is 34.3 Å². The van der Waals surface area contributed by atoms with E-state index in [0.717, 1.165) is 0 Å². The van der Waals surface area contributed by atoms with Crippen molar-refractivity contribution < 1.29 is 28.3 Å². The van der Waals surface area contributed by atoms with Gasteiger partial charge in [0.1, 0.15) is 11.5 Å². The molecule has 3 aromatic rings. The molecule has 0 atom stereocenters. The molecular weight excluding hydrogens is 406 g/mol. The van der Waals surface area contributed by atoms with E-state index in [9.17, 15) is 14.9 Å². The Labute approximate surface area is 177 Å². The number of hydrogen-bond donors (Lipinski definition) is 1. The number of amides is 1. The zero-order valence-electron chi connectivity index (χ0n) is 16.9. The van der Waals surface area contributed by atoms with Gasteiger partial charge < -0.3 is 18.6 Å². The van der Waals surface area contributed by atoms with Gasteiger partial charge in [0, 0.05) is 23.3 Å². The first-order valence-corrected chi connectivity index (χ1v) is 8.95. The molecule has 0 bridgehead atoms. The predicted molar refractivity (Wildman–Crippen MR) is 112 cm³/mol.